The molecule has 1 aromatic heterocycles. The average molecular weight is 268 g/mol. The highest BCUT2D eigenvalue weighted by Gasteiger charge is 2.05. The normalized spacial score (nSPS) is 9.68. The van der Waals surface area contributed by atoms with Gasteiger partial charge in [0.15, 0.2) is 0 Å². The molecule has 0 saturated carbocycles. The number of hydrogen-bond donors (Lipinski definition) is 1. The number of benzene rings is 1. The first-order chi connectivity index (χ1) is 9.13. The fourth-order valence-corrected chi connectivity index (χ4v) is 2.51. The molecule has 0 radical (unpaired) electrons. The maximum atomic E-state index is 8.96. The van der Waals surface area contributed by atoms with E-state index in [2.05, 4.69) is 10.3 Å². The van der Waals surface area contributed by atoms with Crippen LogP contribution in [0, 0.1) is 36.5 Å². The van der Waals surface area contributed by atoms with Crippen LogP contribution in [0.5, 0.6) is 0 Å². The van der Waals surface area contributed by atoms with Crippen LogP contribution in [0.2, 0.25) is 0 Å². The monoisotopic (exact) mass is 268 g/mol. The summed E-state index contributed by atoms with van der Waals surface area (Å²) in [5.74, 6) is 0. The zero-order valence-electron chi connectivity index (χ0n) is 10.7. The summed E-state index contributed by atoms with van der Waals surface area (Å²) in [5.41, 5.74) is 2.66. The predicted molar refractivity (Wildman–Crippen MR) is 74.8 cm³/mol. The van der Waals surface area contributed by atoms with E-state index in [0.717, 1.165) is 16.4 Å². The van der Waals surface area contributed by atoms with Gasteiger partial charge in [-0.3, -0.25) is 0 Å². The minimum absolute atomic E-state index is 0.388. The summed E-state index contributed by atoms with van der Waals surface area (Å²) in [5, 5.41) is 22.0. The van der Waals surface area contributed by atoms with Gasteiger partial charge in [0, 0.05) is 10.6 Å². The molecule has 5 heteroatoms. The zero-order valence-corrected chi connectivity index (χ0v) is 11.5. The van der Waals surface area contributed by atoms with Gasteiger partial charge >= 0.3 is 0 Å². The number of nitriles is 2. The molecule has 0 bridgehead atoms. The lowest BCUT2D eigenvalue weighted by Crippen LogP contribution is -1.99. The topological polar surface area (TPSA) is 72.5 Å². The Morgan fingerprint density at radius 1 is 1.21 bits per heavy atom. The first-order valence-electron chi connectivity index (χ1n) is 5.75. The fraction of sp³-hybridized carbons (Fsp3) is 0.214. The van der Waals surface area contributed by atoms with Crippen molar-refractivity contribution in [3.05, 3.63) is 44.9 Å². The van der Waals surface area contributed by atoms with Gasteiger partial charge in [-0.25, -0.2) is 4.98 Å². The molecule has 0 spiro atoms. The van der Waals surface area contributed by atoms with Crippen LogP contribution in [0.1, 0.15) is 26.7 Å². The van der Waals surface area contributed by atoms with Gasteiger partial charge in [0.25, 0.3) is 0 Å². The van der Waals surface area contributed by atoms with E-state index < -0.39 is 0 Å². The third kappa shape index (κ3) is 2.90. The molecule has 19 heavy (non-hydrogen) atoms. The molecule has 0 fully saturated rings. The maximum Gasteiger partial charge on any atom is 0.112 e. The highest BCUT2D eigenvalue weighted by molar-refractivity contribution is 7.11. The number of anilines is 1. The Bertz CT molecular complexity index is 669. The van der Waals surface area contributed by atoms with Gasteiger partial charge < -0.3 is 5.32 Å². The molecule has 0 saturated heterocycles. The summed E-state index contributed by atoms with van der Waals surface area (Å²) in [7, 11) is 0. The third-order valence-electron chi connectivity index (χ3n) is 2.78. The van der Waals surface area contributed by atoms with E-state index in [1.807, 2.05) is 26.0 Å². The van der Waals surface area contributed by atoms with Gasteiger partial charge in [-0.05, 0) is 32.0 Å². The number of hydrogen-bond acceptors (Lipinski definition) is 5. The van der Waals surface area contributed by atoms with Crippen LogP contribution in [-0.2, 0) is 6.54 Å². The van der Waals surface area contributed by atoms with E-state index in [1.54, 1.807) is 29.5 Å². The van der Waals surface area contributed by atoms with E-state index in [4.69, 9.17) is 10.5 Å². The smallest absolute Gasteiger partial charge is 0.112 e. The van der Waals surface area contributed by atoms with Gasteiger partial charge in [-0.1, -0.05) is 0 Å². The molecule has 1 heterocycles. The first-order valence-corrected chi connectivity index (χ1v) is 6.56. The lowest BCUT2D eigenvalue weighted by atomic mass is 10.1. The molecule has 1 aromatic carbocycles. The second-order valence-electron chi connectivity index (χ2n) is 4.09. The van der Waals surface area contributed by atoms with Crippen molar-refractivity contribution in [1.29, 1.82) is 10.5 Å². The van der Waals surface area contributed by atoms with Crippen LogP contribution < -0.4 is 5.32 Å². The summed E-state index contributed by atoms with van der Waals surface area (Å²) in [6.07, 6.45) is 0. The lowest BCUT2D eigenvalue weighted by Gasteiger charge is -2.05. The second-order valence-corrected chi connectivity index (χ2v) is 5.37. The number of nitrogens with zero attached hydrogens (tertiary/aromatic N) is 3. The van der Waals surface area contributed by atoms with Crippen molar-refractivity contribution >= 4 is 17.0 Å². The molecular weight excluding hydrogens is 256 g/mol. The molecule has 0 aliphatic carbocycles. The molecule has 2 rings (SSSR count). The van der Waals surface area contributed by atoms with Crippen LogP contribution in [0.3, 0.4) is 0 Å². The summed E-state index contributed by atoms with van der Waals surface area (Å²) >= 11 is 1.66. The van der Waals surface area contributed by atoms with Crippen LogP contribution in [0.15, 0.2) is 18.2 Å². The Balaban J connectivity index is 2.12. The van der Waals surface area contributed by atoms with Crippen LogP contribution in [-0.4, -0.2) is 4.98 Å². The quantitative estimate of drug-likeness (QED) is 0.928. The van der Waals surface area contributed by atoms with E-state index in [1.165, 1.54) is 4.88 Å². The zero-order chi connectivity index (χ0) is 13.8. The Morgan fingerprint density at radius 3 is 2.53 bits per heavy atom. The van der Waals surface area contributed by atoms with Gasteiger partial charge in [0.05, 0.1) is 23.4 Å². The summed E-state index contributed by atoms with van der Waals surface area (Å²) in [6.45, 7) is 4.66. The van der Waals surface area contributed by atoms with Crippen molar-refractivity contribution < 1.29 is 0 Å². The second kappa shape index (κ2) is 5.51. The van der Waals surface area contributed by atoms with Crippen molar-refractivity contribution in [2.75, 3.05) is 5.32 Å². The molecule has 0 amide bonds. The number of thiazole rings is 1. The Labute approximate surface area is 116 Å². The van der Waals surface area contributed by atoms with Gasteiger partial charge in [0.1, 0.15) is 17.1 Å². The number of aryl methyl sites for hydroxylation is 2. The van der Waals surface area contributed by atoms with Crippen molar-refractivity contribution in [1.82, 2.24) is 4.98 Å². The number of nitrogens with one attached hydrogen (secondary N) is 1. The molecule has 4 nitrogen and oxygen atoms in total. The minimum atomic E-state index is 0.388. The minimum Gasteiger partial charge on any atom is -0.378 e. The number of rotatable bonds is 3. The first kappa shape index (κ1) is 13.1. The van der Waals surface area contributed by atoms with Crippen molar-refractivity contribution in [2.45, 2.75) is 20.4 Å². The van der Waals surface area contributed by atoms with Crippen molar-refractivity contribution in [2.24, 2.45) is 0 Å². The fourth-order valence-electron chi connectivity index (χ4n) is 1.64. The summed E-state index contributed by atoms with van der Waals surface area (Å²) in [4.78, 5) is 5.66. The molecule has 0 atom stereocenters. The third-order valence-corrected chi connectivity index (χ3v) is 3.85. The lowest BCUT2D eigenvalue weighted by molar-refractivity contribution is 1.07. The largest absolute Gasteiger partial charge is 0.378 e. The van der Waals surface area contributed by atoms with Crippen molar-refractivity contribution in [3.8, 4) is 12.1 Å². The van der Waals surface area contributed by atoms with Gasteiger partial charge in [-0.15, -0.1) is 11.3 Å². The van der Waals surface area contributed by atoms with Crippen molar-refractivity contribution in [3.63, 3.8) is 0 Å². The molecule has 0 aliphatic rings. The average Bonchev–Trinajstić information content (AvgIpc) is 2.75. The molecular formula is C14H12N4S. The molecule has 2 aromatic rings. The maximum absolute atomic E-state index is 8.96. The summed E-state index contributed by atoms with van der Waals surface area (Å²) in [6, 6.07) is 9.16. The van der Waals surface area contributed by atoms with Crippen LogP contribution in [0.25, 0.3) is 0 Å². The van der Waals surface area contributed by atoms with Crippen LogP contribution >= 0.6 is 11.3 Å². The standard InChI is InChI=1S/C14H12N4S/c1-9-10(2)19-14(18-9)8-17-13-4-3-11(6-15)12(5-13)7-16/h3-5,17H,8H2,1-2H3. The molecule has 1 N–H and O–H groups in total. The molecule has 0 aliphatic heterocycles. The van der Waals surface area contributed by atoms with Gasteiger partial charge in [0.2, 0.25) is 0 Å². The Morgan fingerprint density at radius 2 is 1.95 bits per heavy atom. The van der Waals surface area contributed by atoms with E-state index in [0.29, 0.717) is 17.7 Å². The Kier molecular flexibility index (Phi) is 3.79. The number of aromatic nitrogens is 1. The highest BCUT2D eigenvalue weighted by atomic mass is 32.1. The SMILES string of the molecule is Cc1nc(CNc2ccc(C#N)c(C#N)c2)sc1C. The Hall–Kier alpha value is -2.37. The summed E-state index contributed by atoms with van der Waals surface area (Å²) < 4.78 is 0. The molecule has 94 valence electrons. The van der Waals surface area contributed by atoms with E-state index in [-0.39, 0.29) is 0 Å². The van der Waals surface area contributed by atoms with Crippen LogP contribution in [0.4, 0.5) is 5.69 Å². The predicted octanol–water partition coefficient (Wildman–Crippen LogP) is 3.12. The highest BCUT2D eigenvalue weighted by Crippen LogP contribution is 2.19. The van der Waals surface area contributed by atoms with E-state index >= 15 is 0 Å². The molecule has 0 unspecified atom stereocenters. The van der Waals surface area contributed by atoms with E-state index in [9.17, 15) is 0 Å². The van der Waals surface area contributed by atoms with Gasteiger partial charge in [-0.2, -0.15) is 10.5 Å².